The third-order valence-corrected chi connectivity index (χ3v) is 4.62. The molecule has 0 aliphatic carbocycles. The predicted octanol–water partition coefficient (Wildman–Crippen LogP) is 2.48. The van der Waals surface area contributed by atoms with Crippen molar-refractivity contribution in [1.29, 1.82) is 0 Å². The standard InChI is InChI=1S/C17H21N3O/c1-2-16(12-19-8-6-18-13-19)20(7-1)11-14-3-4-17-15(10-14)5-9-21-17/h3-4,6,8,10,13,16H,1-2,5,7,9,11-12H2/t16-/m0/s1. The maximum absolute atomic E-state index is 5.59. The average Bonchev–Trinajstić information content (AvgIpc) is 3.22. The minimum atomic E-state index is 0.628. The van der Waals surface area contributed by atoms with Crippen LogP contribution in [0.1, 0.15) is 24.0 Å². The quantitative estimate of drug-likeness (QED) is 0.863. The Morgan fingerprint density at radius 1 is 1.33 bits per heavy atom. The van der Waals surface area contributed by atoms with Gasteiger partial charge in [0, 0.05) is 37.9 Å². The molecule has 0 unspecified atom stereocenters. The van der Waals surface area contributed by atoms with Crippen molar-refractivity contribution >= 4 is 0 Å². The molecule has 4 nitrogen and oxygen atoms in total. The first-order chi connectivity index (χ1) is 10.4. The van der Waals surface area contributed by atoms with Crippen molar-refractivity contribution in [2.75, 3.05) is 13.2 Å². The van der Waals surface area contributed by atoms with Crippen molar-refractivity contribution in [1.82, 2.24) is 14.5 Å². The molecule has 0 spiro atoms. The van der Waals surface area contributed by atoms with Crippen LogP contribution in [0.2, 0.25) is 0 Å². The van der Waals surface area contributed by atoms with Crippen LogP contribution in [0.3, 0.4) is 0 Å². The van der Waals surface area contributed by atoms with Gasteiger partial charge in [0.15, 0.2) is 0 Å². The van der Waals surface area contributed by atoms with E-state index in [2.05, 4.69) is 38.8 Å². The normalized spacial score (nSPS) is 21.4. The zero-order chi connectivity index (χ0) is 14.1. The molecule has 1 saturated heterocycles. The number of aromatic nitrogens is 2. The van der Waals surface area contributed by atoms with Gasteiger partial charge in [-0.3, -0.25) is 4.90 Å². The summed E-state index contributed by atoms with van der Waals surface area (Å²) >= 11 is 0. The Kier molecular flexibility index (Phi) is 3.39. The van der Waals surface area contributed by atoms with E-state index in [1.54, 1.807) is 0 Å². The number of benzene rings is 1. The fraction of sp³-hybridized carbons (Fsp3) is 0.471. The first-order valence-corrected chi connectivity index (χ1v) is 7.83. The van der Waals surface area contributed by atoms with Crippen molar-refractivity contribution in [2.45, 2.75) is 38.4 Å². The summed E-state index contributed by atoms with van der Waals surface area (Å²) in [6.45, 7) is 4.14. The molecule has 0 radical (unpaired) electrons. The van der Waals surface area contributed by atoms with E-state index >= 15 is 0 Å². The molecule has 1 aromatic carbocycles. The molecule has 110 valence electrons. The van der Waals surface area contributed by atoms with Crippen LogP contribution in [0, 0.1) is 0 Å². The van der Waals surface area contributed by atoms with Gasteiger partial charge >= 0.3 is 0 Å². The van der Waals surface area contributed by atoms with E-state index in [1.165, 1.54) is 30.5 Å². The van der Waals surface area contributed by atoms with Gasteiger partial charge in [0.25, 0.3) is 0 Å². The van der Waals surface area contributed by atoms with Gasteiger partial charge in [-0.25, -0.2) is 4.98 Å². The molecule has 1 aromatic heterocycles. The van der Waals surface area contributed by atoms with Crippen LogP contribution in [0.15, 0.2) is 36.9 Å². The SMILES string of the molecule is c1cn(C[C@@H]2CCCN2Cc2ccc3c(c2)CCO3)cn1. The molecule has 21 heavy (non-hydrogen) atoms. The van der Waals surface area contributed by atoms with Gasteiger partial charge in [-0.05, 0) is 36.6 Å². The molecule has 0 N–H and O–H groups in total. The van der Waals surface area contributed by atoms with Gasteiger partial charge < -0.3 is 9.30 Å². The second kappa shape index (κ2) is 5.53. The lowest BCUT2D eigenvalue weighted by Crippen LogP contribution is -2.32. The van der Waals surface area contributed by atoms with Gasteiger partial charge in [-0.2, -0.15) is 0 Å². The van der Waals surface area contributed by atoms with Gasteiger partial charge in [0.05, 0.1) is 12.9 Å². The van der Waals surface area contributed by atoms with E-state index in [-0.39, 0.29) is 0 Å². The Hall–Kier alpha value is -1.81. The Morgan fingerprint density at radius 3 is 3.24 bits per heavy atom. The molecule has 1 atom stereocenters. The summed E-state index contributed by atoms with van der Waals surface area (Å²) in [5.74, 6) is 1.08. The summed E-state index contributed by atoms with van der Waals surface area (Å²) in [5, 5.41) is 0. The summed E-state index contributed by atoms with van der Waals surface area (Å²) in [4.78, 5) is 6.75. The second-order valence-corrected chi connectivity index (χ2v) is 6.07. The maximum Gasteiger partial charge on any atom is 0.122 e. The molecule has 0 bridgehead atoms. The van der Waals surface area contributed by atoms with Gasteiger partial charge in [-0.1, -0.05) is 12.1 Å². The smallest absolute Gasteiger partial charge is 0.122 e. The minimum absolute atomic E-state index is 0.628. The first kappa shape index (κ1) is 12.9. The van der Waals surface area contributed by atoms with Gasteiger partial charge in [0.2, 0.25) is 0 Å². The van der Waals surface area contributed by atoms with Gasteiger partial charge in [0.1, 0.15) is 5.75 Å². The number of hydrogen-bond donors (Lipinski definition) is 0. The lowest BCUT2D eigenvalue weighted by molar-refractivity contribution is 0.224. The lowest BCUT2D eigenvalue weighted by Gasteiger charge is -2.25. The number of rotatable bonds is 4. The summed E-state index contributed by atoms with van der Waals surface area (Å²) < 4.78 is 7.78. The van der Waals surface area contributed by atoms with Crippen LogP contribution in [0.25, 0.3) is 0 Å². The Labute approximate surface area is 125 Å². The molecular weight excluding hydrogens is 262 g/mol. The van der Waals surface area contributed by atoms with Crippen molar-refractivity contribution in [3.05, 3.63) is 48.0 Å². The maximum atomic E-state index is 5.59. The molecule has 3 heterocycles. The fourth-order valence-corrected chi connectivity index (χ4v) is 3.52. The van der Waals surface area contributed by atoms with Crippen LogP contribution >= 0.6 is 0 Å². The van der Waals surface area contributed by atoms with Crippen LogP contribution in [0.4, 0.5) is 0 Å². The summed E-state index contributed by atoms with van der Waals surface area (Å²) in [5.41, 5.74) is 2.79. The van der Waals surface area contributed by atoms with Crippen molar-refractivity contribution < 1.29 is 4.74 Å². The van der Waals surface area contributed by atoms with E-state index < -0.39 is 0 Å². The number of hydrogen-bond acceptors (Lipinski definition) is 3. The highest BCUT2D eigenvalue weighted by Crippen LogP contribution is 2.28. The molecule has 2 aliphatic heterocycles. The van der Waals surface area contributed by atoms with E-state index in [0.29, 0.717) is 6.04 Å². The average molecular weight is 283 g/mol. The van der Waals surface area contributed by atoms with Crippen molar-refractivity contribution in [2.24, 2.45) is 0 Å². The largest absolute Gasteiger partial charge is 0.493 e. The third-order valence-electron chi connectivity index (χ3n) is 4.62. The molecule has 4 heteroatoms. The number of likely N-dealkylation sites (tertiary alicyclic amines) is 1. The number of imidazole rings is 1. The number of fused-ring (bicyclic) bond motifs is 1. The number of ether oxygens (including phenoxy) is 1. The molecule has 2 aromatic rings. The molecule has 2 aliphatic rings. The monoisotopic (exact) mass is 283 g/mol. The highest BCUT2D eigenvalue weighted by Gasteiger charge is 2.25. The Balaban J connectivity index is 1.45. The van der Waals surface area contributed by atoms with E-state index in [1.807, 2.05) is 12.5 Å². The molecule has 0 amide bonds. The van der Waals surface area contributed by atoms with Crippen LogP contribution < -0.4 is 4.74 Å². The lowest BCUT2D eigenvalue weighted by atomic mass is 10.1. The highest BCUT2D eigenvalue weighted by molar-refractivity contribution is 5.39. The molecule has 4 rings (SSSR count). The minimum Gasteiger partial charge on any atom is -0.493 e. The Bertz CT molecular complexity index is 609. The van der Waals surface area contributed by atoms with Crippen molar-refractivity contribution in [3.63, 3.8) is 0 Å². The van der Waals surface area contributed by atoms with Crippen LogP contribution in [-0.4, -0.2) is 33.6 Å². The summed E-state index contributed by atoms with van der Waals surface area (Å²) in [6, 6.07) is 7.31. The van der Waals surface area contributed by atoms with E-state index in [9.17, 15) is 0 Å². The van der Waals surface area contributed by atoms with Crippen LogP contribution in [0.5, 0.6) is 5.75 Å². The zero-order valence-electron chi connectivity index (χ0n) is 12.2. The van der Waals surface area contributed by atoms with Gasteiger partial charge in [-0.15, -0.1) is 0 Å². The molecule has 1 fully saturated rings. The highest BCUT2D eigenvalue weighted by atomic mass is 16.5. The van der Waals surface area contributed by atoms with Crippen LogP contribution in [-0.2, 0) is 19.5 Å². The molecule has 0 saturated carbocycles. The van der Waals surface area contributed by atoms with E-state index in [4.69, 9.17) is 4.74 Å². The predicted molar refractivity (Wildman–Crippen MR) is 81.3 cm³/mol. The summed E-state index contributed by atoms with van der Waals surface area (Å²) in [6.07, 6.45) is 9.48. The topological polar surface area (TPSA) is 30.3 Å². The molecular formula is C17H21N3O. The summed E-state index contributed by atoms with van der Waals surface area (Å²) in [7, 11) is 0. The zero-order valence-corrected chi connectivity index (χ0v) is 12.2. The third kappa shape index (κ3) is 2.68. The van der Waals surface area contributed by atoms with Crippen molar-refractivity contribution in [3.8, 4) is 5.75 Å². The fourth-order valence-electron chi connectivity index (χ4n) is 3.52. The second-order valence-electron chi connectivity index (χ2n) is 6.07. The number of nitrogens with zero attached hydrogens (tertiary/aromatic N) is 3. The Morgan fingerprint density at radius 2 is 2.33 bits per heavy atom. The first-order valence-electron chi connectivity index (χ1n) is 7.83. The van der Waals surface area contributed by atoms with E-state index in [0.717, 1.165) is 31.9 Å².